The van der Waals surface area contributed by atoms with Crippen LogP contribution < -0.4 is 21.2 Å². The molecule has 3 N–H and O–H groups in total. The van der Waals surface area contributed by atoms with Crippen LogP contribution in [0.5, 0.6) is 0 Å². The van der Waals surface area contributed by atoms with Crippen LogP contribution in [-0.4, -0.2) is 28.0 Å². The van der Waals surface area contributed by atoms with Gasteiger partial charge in [0.15, 0.2) is 5.11 Å². The Kier molecular flexibility index (Phi) is 6.46. The molecule has 0 atom stereocenters. The van der Waals surface area contributed by atoms with E-state index in [-0.39, 0.29) is 0 Å². The van der Waals surface area contributed by atoms with E-state index >= 15 is 0 Å². The van der Waals surface area contributed by atoms with Gasteiger partial charge >= 0.3 is 0 Å². The normalized spacial score (nSPS) is 11.0. The van der Waals surface area contributed by atoms with Gasteiger partial charge < -0.3 is 4.90 Å². The van der Waals surface area contributed by atoms with Crippen LogP contribution in [0.2, 0.25) is 0 Å². The number of hydrazone groups is 1. The molecular weight excluding hydrogens is 388 g/mol. The zero-order valence-corrected chi connectivity index (χ0v) is 17.1. The predicted octanol–water partition coefficient (Wildman–Crippen LogP) is 3.35. The second-order valence-corrected chi connectivity index (χ2v) is 6.76. The number of aromatic nitrogens is 1. The topological polar surface area (TPSA) is 64.6 Å². The Bertz CT molecular complexity index is 1010. The van der Waals surface area contributed by atoms with Crippen molar-refractivity contribution in [3.63, 3.8) is 0 Å². The number of nitrogens with zero attached hydrogens (tertiary/aromatic N) is 3. The van der Waals surface area contributed by atoms with Crippen molar-refractivity contribution in [2.45, 2.75) is 6.92 Å². The largest absolute Gasteiger partial charge is 0.321 e. The quantitative estimate of drug-likeness (QED) is 0.349. The molecular formula is C20H20N6S2. The van der Waals surface area contributed by atoms with Gasteiger partial charge in [-0.05, 0) is 54.9 Å². The third-order valence-corrected chi connectivity index (χ3v) is 4.64. The van der Waals surface area contributed by atoms with E-state index in [1.165, 1.54) is 0 Å². The molecule has 0 aliphatic rings. The van der Waals surface area contributed by atoms with Crippen molar-refractivity contribution >= 4 is 56.8 Å². The molecule has 0 radical (unpaired) electrons. The summed E-state index contributed by atoms with van der Waals surface area (Å²) in [5, 5.41) is 7.25. The molecule has 0 aliphatic heterocycles. The van der Waals surface area contributed by atoms with Crippen LogP contribution >= 0.6 is 24.4 Å². The molecule has 6 nitrogen and oxygen atoms in total. The molecule has 0 spiro atoms. The van der Waals surface area contributed by atoms with Gasteiger partial charge in [0.1, 0.15) is 0 Å². The lowest BCUT2D eigenvalue weighted by Crippen LogP contribution is -2.50. The first-order valence-electron chi connectivity index (χ1n) is 8.59. The minimum absolute atomic E-state index is 0.295. The lowest BCUT2D eigenvalue weighted by Gasteiger charge is -2.21. The summed E-state index contributed by atoms with van der Waals surface area (Å²) >= 11 is 10.6. The zero-order chi connectivity index (χ0) is 19.9. The van der Waals surface area contributed by atoms with Crippen LogP contribution in [0.25, 0.3) is 10.8 Å². The second-order valence-electron chi connectivity index (χ2n) is 5.97. The van der Waals surface area contributed by atoms with E-state index < -0.39 is 0 Å². The molecule has 3 aromatic rings. The van der Waals surface area contributed by atoms with Crippen molar-refractivity contribution in [2.24, 2.45) is 5.10 Å². The lowest BCUT2D eigenvalue weighted by molar-refractivity contribution is 0.823. The minimum Gasteiger partial charge on any atom is -0.321 e. The fourth-order valence-electron chi connectivity index (χ4n) is 2.59. The molecule has 0 saturated heterocycles. The summed E-state index contributed by atoms with van der Waals surface area (Å²) in [6.45, 7) is 1.88. The third-order valence-electron chi connectivity index (χ3n) is 4.07. The molecule has 0 aliphatic carbocycles. The number of para-hydroxylation sites is 1. The Morgan fingerprint density at radius 2 is 1.68 bits per heavy atom. The van der Waals surface area contributed by atoms with E-state index in [0.717, 1.165) is 27.9 Å². The Labute approximate surface area is 174 Å². The van der Waals surface area contributed by atoms with Crippen molar-refractivity contribution in [1.29, 1.82) is 0 Å². The third kappa shape index (κ3) is 4.79. The first kappa shape index (κ1) is 19.7. The lowest BCUT2D eigenvalue weighted by atomic mass is 10.1. The molecule has 142 valence electrons. The predicted molar refractivity (Wildman–Crippen MR) is 123 cm³/mol. The number of thiocarbonyl (C=S) groups is 2. The molecule has 0 fully saturated rings. The molecule has 0 unspecified atom stereocenters. The van der Waals surface area contributed by atoms with Gasteiger partial charge in [0.05, 0.1) is 11.4 Å². The number of fused-ring (bicyclic) bond motifs is 1. The van der Waals surface area contributed by atoms with Gasteiger partial charge in [-0.3, -0.25) is 21.3 Å². The van der Waals surface area contributed by atoms with E-state index in [1.54, 1.807) is 6.20 Å². The van der Waals surface area contributed by atoms with Crippen molar-refractivity contribution in [3.8, 4) is 0 Å². The minimum atomic E-state index is 0.295. The van der Waals surface area contributed by atoms with Gasteiger partial charge in [-0.1, -0.05) is 42.5 Å². The van der Waals surface area contributed by atoms with Crippen LogP contribution in [0.3, 0.4) is 0 Å². The first-order valence-corrected chi connectivity index (χ1v) is 9.41. The number of anilines is 1. The maximum Gasteiger partial charge on any atom is 0.205 e. The average Bonchev–Trinajstić information content (AvgIpc) is 2.75. The Morgan fingerprint density at radius 3 is 2.46 bits per heavy atom. The van der Waals surface area contributed by atoms with Crippen LogP contribution in [0.4, 0.5) is 5.69 Å². The summed E-state index contributed by atoms with van der Waals surface area (Å²) in [5.41, 5.74) is 11.0. The molecule has 8 heteroatoms. The standard InChI is InChI=1S/C20H20N6S2/c1-14(18-17-11-7-6-8-15(17)12-13-21-18)22-23-19(27)24-25-20(28)26(2)16-9-4-3-5-10-16/h3-13H,1-2H3,(H,25,28)(H2,23,24,27). The highest BCUT2D eigenvalue weighted by molar-refractivity contribution is 7.80. The highest BCUT2D eigenvalue weighted by Gasteiger charge is 2.07. The maximum absolute atomic E-state index is 5.36. The van der Waals surface area contributed by atoms with E-state index in [9.17, 15) is 0 Å². The Balaban J connectivity index is 1.58. The maximum atomic E-state index is 5.36. The van der Waals surface area contributed by atoms with Crippen LogP contribution in [0.1, 0.15) is 12.6 Å². The fourth-order valence-corrected chi connectivity index (χ4v) is 2.84. The first-order chi connectivity index (χ1) is 13.6. The number of hydrazine groups is 1. The van der Waals surface area contributed by atoms with Crippen LogP contribution in [0.15, 0.2) is 72.0 Å². The van der Waals surface area contributed by atoms with E-state index in [2.05, 4.69) is 26.4 Å². The Morgan fingerprint density at radius 1 is 0.964 bits per heavy atom. The summed E-state index contributed by atoms with van der Waals surface area (Å²) in [7, 11) is 1.87. The molecule has 28 heavy (non-hydrogen) atoms. The number of nitrogens with one attached hydrogen (secondary N) is 3. The van der Waals surface area contributed by atoms with E-state index in [1.807, 2.05) is 79.5 Å². The van der Waals surface area contributed by atoms with Gasteiger partial charge in [0.25, 0.3) is 0 Å². The molecule has 3 rings (SSSR count). The molecule has 1 heterocycles. The zero-order valence-electron chi connectivity index (χ0n) is 15.5. The van der Waals surface area contributed by atoms with Gasteiger partial charge in [-0.15, -0.1) is 0 Å². The van der Waals surface area contributed by atoms with E-state index in [4.69, 9.17) is 24.4 Å². The van der Waals surface area contributed by atoms with Crippen molar-refractivity contribution in [2.75, 3.05) is 11.9 Å². The SMILES string of the molecule is CC(=NNC(=S)NNC(=S)N(C)c1ccccc1)c1nccc2ccccc12. The number of rotatable bonds is 3. The van der Waals surface area contributed by atoms with Gasteiger partial charge in [-0.2, -0.15) is 5.10 Å². The number of pyridine rings is 1. The summed E-state index contributed by atoms with van der Waals surface area (Å²) in [6.07, 6.45) is 1.77. The summed E-state index contributed by atoms with van der Waals surface area (Å²) < 4.78 is 0. The van der Waals surface area contributed by atoms with Crippen molar-refractivity contribution in [3.05, 3.63) is 72.6 Å². The number of benzene rings is 2. The molecule has 1 aromatic heterocycles. The van der Waals surface area contributed by atoms with Crippen LogP contribution in [-0.2, 0) is 0 Å². The summed E-state index contributed by atoms with van der Waals surface area (Å²) in [6, 6.07) is 19.8. The van der Waals surface area contributed by atoms with E-state index in [0.29, 0.717) is 10.2 Å². The highest BCUT2D eigenvalue weighted by Crippen LogP contribution is 2.16. The highest BCUT2D eigenvalue weighted by atomic mass is 32.1. The van der Waals surface area contributed by atoms with Gasteiger partial charge in [0.2, 0.25) is 5.11 Å². The van der Waals surface area contributed by atoms with Crippen molar-refractivity contribution in [1.82, 2.24) is 21.3 Å². The van der Waals surface area contributed by atoms with Gasteiger partial charge in [0, 0.05) is 24.3 Å². The number of hydrogen-bond donors (Lipinski definition) is 3. The molecule has 0 bridgehead atoms. The molecule has 0 amide bonds. The fraction of sp³-hybridized carbons (Fsp3) is 0.100. The average molecular weight is 409 g/mol. The second kappa shape index (κ2) is 9.20. The summed E-state index contributed by atoms with van der Waals surface area (Å²) in [5.74, 6) is 0. The van der Waals surface area contributed by atoms with Crippen molar-refractivity contribution < 1.29 is 0 Å². The smallest absolute Gasteiger partial charge is 0.205 e. The summed E-state index contributed by atoms with van der Waals surface area (Å²) in [4.78, 5) is 6.27. The number of hydrogen-bond acceptors (Lipinski definition) is 4. The Hall–Kier alpha value is -3.10. The molecule has 2 aromatic carbocycles. The monoisotopic (exact) mass is 408 g/mol. The molecule has 0 saturated carbocycles. The van der Waals surface area contributed by atoms with Crippen LogP contribution in [0, 0.1) is 0 Å². The van der Waals surface area contributed by atoms with Gasteiger partial charge in [-0.25, -0.2) is 0 Å².